The Hall–Kier alpha value is -2.41. The van der Waals surface area contributed by atoms with Crippen LogP contribution in [-0.2, 0) is 25.7 Å². The third-order valence-electron chi connectivity index (χ3n) is 4.38. The summed E-state index contributed by atoms with van der Waals surface area (Å²) in [6.45, 7) is 2.55. The number of nitrogens with one attached hydrogen (secondary N) is 2. The van der Waals surface area contributed by atoms with E-state index in [4.69, 9.17) is 19.0 Å². The number of aromatic nitrogens is 1. The van der Waals surface area contributed by atoms with Gasteiger partial charge in [-0.25, -0.2) is 4.98 Å². The second-order valence-corrected chi connectivity index (χ2v) is 6.61. The number of pyridine rings is 1. The van der Waals surface area contributed by atoms with Crippen LogP contribution in [0.15, 0.2) is 42.0 Å². The highest BCUT2D eigenvalue weighted by Gasteiger charge is 2.47. The summed E-state index contributed by atoms with van der Waals surface area (Å²) >= 11 is 0. The van der Waals surface area contributed by atoms with Gasteiger partial charge in [0.25, 0.3) is 0 Å². The molecule has 0 bridgehead atoms. The SMILES string of the molecule is Cc1c[nH+]cc(CON[C@@H]2OC(CO)[C@@H](O)[C@@H](OC3=C(O)C(O)=C[CH]O3)C2O)c1. The van der Waals surface area contributed by atoms with Crippen molar-refractivity contribution in [3.05, 3.63) is 59.7 Å². The third-order valence-corrected chi connectivity index (χ3v) is 4.38. The van der Waals surface area contributed by atoms with Gasteiger partial charge < -0.3 is 39.7 Å². The Bertz CT molecular complexity index is 769. The fourth-order valence-electron chi connectivity index (χ4n) is 2.88. The van der Waals surface area contributed by atoms with E-state index in [9.17, 15) is 25.5 Å². The van der Waals surface area contributed by atoms with E-state index in [1.54, 1.807) is 6.20 Å². The molecule has 3 rings (SSSR count). The van der Waals surface area contributed by atoms with E-state index >= 15 is 0 Å². The molecule has 2 aliphatic rings. The van der Waals surface area contributed by atoms with Crippen molar-refractivity contribution in [2.24, 2.45) is 0 Å². The maximum atomic E-state index is 10.5. The van der Waals surface area contributed by atoms with Gasteiger partial charge >= 0.3 is 5.95 Å². The second-order valence-electron chi connectivity index (χ2n) is 6.61. The van der Waals surface area contributed by atoms with Gasteiger partial charge in [0.1, 0.15) is 18.3 Å². The van der Waals surface area contributed by atoms with Crippen molar-refractivity contribution in [3.8, 4) is 0 Å². The number of hydroxylamine groups is 1. The van der Waals surface area contributed by atoms with Crippen molar-refractivity contribution in [2.75, 3.05) is 6.61 Å². The van der Waals surface area contributed by atoms with E-state index in [2.05, 4.69) is 10.5 Å². The predicted molar refractivity (Wildman–Crippen MR) is 94.0 cm³/mol. The van der Waals surface area contributed by atoms with Crippen LogP contribution < -0.4 is 10.5 Å². The van der Waals surface area contributed by atoms with Crippen LogP contribution in [0.1, 0.15) is 11.1 Å². The Morgan fingerprint density at radius 3 is 2.72 bits per heavy atom. The van der Waals surface area contributed by atoms with Gasteiger partial charge in [0.05, 0.1) is 13.2 Å². The first kappa shape index (κ1) is 21.3. The van der Waals surface area contributed by atoms with Crippen LogP contribution in [0.3, 0.4) is 0 Å². The van der Waals surface area contributed by atoms with Crippen LogP contribution >= 0.6 is 0 Å². The number of aliphatic hydroxyl groups is 5. The van der Waals surface area contributed by atoms with Gasteiger partial charge in [-0.15, -0.1) is 0 Å². The normalized spacial score (nSPS) is 29.9. The maximum Gasteiger partial charge on any atom is 0.328 e. The van der Waals surface area contributed by atoms with E-state index in [1.807, 2.05) is 19.2 Å². The molecule has 29 heavy (non-hydrogen) atoms. The van der Waals surface area contributed by atoms with Crippen molar-refractivity contribution in [1.82, 2.24) is 5.48 Å². The third kappa shape index (κ3) is 4.96. The van der Waals surface area contributed by atoms with E-state index in [0.29, 0.717) is 0 Å². The van der Waals surface area contributed by atoms with Crippen molar-refractivity contribution in [3.63, 3.8) is 0 Å². The van der Waals surface area contributed by atoms with Gasteiger partial charge in [0.15, 0.2) is 37.1 Å². The number of aryl methyl sites for hydroxylation is 1. The Morgan fingerprint density at radius 2 is 2.00 bits per heavy atom. The zero-order valence-electron chi connectivity index (χ0n) is 15.6. The molecule has 1 radical (unpaired) electrons. The summed E-state index contributed by atoms with van der Waals surface area (Å²) in [6.07, 6.45) is -1.94. The molecule has 7 N–H and O–H groups in total. The summed E-state index contributed by atoms with van der Waals surface area (Å²) in [7, 11) is 0. The molecule has 2 aliphatic heterocycles. The van der Waals surface area contributed by atoms with Crippen molar-refractivity contribution in [2.45, 2.75) is 44.2 Å². The largest absolute Gasteiger partial charge is 0.504 e. The van der Waals surface area contributed by atoms with E-state index in [-0.39, 0.29) is 6.61 Å². The van der Waals surface area contributed by atoms with Crippen molar-refractivity contribution < 1.29 is 49.6 Å². The summed E-state index contributed by atoms with van der Waals surface area (Å²) < 4.78 is 15.8. The lowest BCUT2D eigenvalue weighted by Gasteiger charge is -2.42. The summed E-state index contributed by atoms with van der Waals surface area (Å²) in [5, 5.41) is 49.7. The lowest BCUT2D eigenvalue weighted by molar-refractivity contribution is -0.379. The molecule has 0 aliphatic carbocycles. The Kier molecular flexibility index (Phi) is 6.90. The zero-order chi connectivity index (χ0) is 21.0. The minimum atomic E-state index is -1.48. The first-order valence-electron chi connectivity index (χ1n) is 8.86. The number of rotatable bonds is 7. The number of ether oxygens (including phenoxy) is 3. The molecule has 1 aromatic rings. The second kappa shape index (κ2) is 9.39. The Balaban J connectivity index is 1.67. The van der Waals surface area contributed by atoms with Gasteiger partial charge in [-0.2, -0.15) is 5.48 Å². The summed E-state index contributed by atoms with van der Waals surface area (Å²) in [5.74, 6) is -1.72. The van der Waals surface area contributed by atoms with E-state index in [0.717, 1.165) is 23.8 Å². The average molecular weight is 412 g/mol. The predicted octanol–water partition coefficient (Wildman–Crippen LogP) is -0.984. The molecule has 1 aromatic heterocycles. The number of hydrogen-bond acceptors (Lipinski definition) is 10. The molecule has 11 nitrogen and oxygen atoms in total. The Morgan fingerprint density at radius 1 is 1.21 bits per heavy atom. The highest BCUT2D eigenvalue weighted by molar-refractivity contribution is 5.24. The molecule has 3 heterocycles. The topological polar surface area (TPSA) is 164 Å². The fraction of sp³-hybridized carbons (Fsp3) is 0.444. The van der Waals surface area contributed by atoms with Crippen molar-refractivity contribution >= 4 is 0 Å². The number of aromatic amines is 1. The van der Waals surface area contributed by atoms with Crippen LogP contribution in [-0.4, -0.2) is 62.8 Å². The molecule has 2 unspecified atom stereocenters. The molecule has 5 atom stereocenters. The maximum absolute atomic E-state index is 10.5. The summed E-state index contributed by atoms with van der Waals surface area (Å²) in [4.78, 5) is 8.33. The standard InChI is InChI=1S/C18H23N2O9/c1-9-4-10(6-19-5-9)8-27-20-17-15(25)16(14(24)12(7-21)28-17)29-18-13(23)11(22)2-3-26-18/h2-6,12,14-17,20-25H,7-8H2,1H3/p+1/t12?,14-,15?,16-,17-/m1/s1. The minimum absolute atomic E-state index is 0.144. The molecule has 11 heteroatoms. The monoisotopic (exact) mass is 412 g/mol. The molecular formula is C18H24N2O9+. The van der Waals surface area contributed by atoms with Crippen LogP contribution in [0.25, 0.3) is 0 Å². The smallest absolute Gasteiger partial charge is 0.328 e. The van der Waals surface area contributed by atoms with E-state index < -0.39 is 54.7 Å². The van der Waals surface area contributed by atoms with Gasteiger partial charge in [0.2, 0.25) is 5.76 Å². The molecule has 0 amide bonds. The van der Waals surface area contributed by atoms with E-state index in [1.165, 1.54) is 0 Å². The first-order valence-corrected chi connectivity index (χ1v) is 8.86. The number of hydrogen-bond donors (Lipinski definition) is 6. The quantitative estimate of drug-likeness (QED) is 0.307. The van der Waals surface area contributed by atoms with Crippen LogP contribution in [0.4, 0.5) is 0 Å². The van der Waals surface area contributed by atoms with Gasteiger partial charge in [-0.05, 0) is 13.0 Å². The van der Waals surface area contributed by atoms with Crippen molar-refractivity contribution in [1.29, 1.82) is 0 Å². The number of aliphatic hydroxyl groups excluding tert-OH is 5. The van der Waals surface area contributed by atoms with Crippen LogP contribution in [0.5, 0.6) is 0 Å². The lowest BCUT2D eigenvalue weighted by Crippen LogP contribution is -2.63. The first-order chi connectivity index (χ1) is 13.9. The van der Waals surface area contributed by atoms with Crippen LogP contribution in [0, 0.1) is 13.5 Å². The molecule has 0 saturated carbocycles. The summed E-state index contributed by atoms with van der Waals surface area (Å²) in [5.41, 5.74) is 4.37. The lowest BCUT2D eigenvalue weighted by atomic mass is 9.98. The average Bonchev–Trinajstić information content (AvgIpc) is 2.70. The fourth-order valence-corrected chi connectivity index (χ4v) is 2.88. The molecular weight excluding hydrogens is 388 g/mol. The molecule has 159 valence electrons. The van der Waals surface area contributed by atoms with Crippen LogP contribution in [0.2, 0.25) is 0 Å². The van der Waals surface area contributed by atoms with Gasteiger partial charge in [0, 0.05) is 17.2 Å². The van der Waals surface area contributed by atoms with Gasteiger partial charge in [-0.3, -0.25) is 4.84 Å². The highest BCUT2D eigenvalue weighted by Crippen LogP contribution is 2.28. The summed E-state index contributed by atoms with van der Waals surface area (Å²) in [6, 6.07) is 1.90. The highest BCUT2D eigenvalue weighted by atomic mass is 16.7. The molecule has 0 aromatic carbocycles. The van der Waals surface area contributed by atoms with Gasteiger partial charge in [-0.1, -0.05) is 0 Å². The number of H-pyrrole nitrogens is 1. The molecule has 0 spiro atoms. The Labute approximate surface area is 166 Å². The minimum Gasteiger partial charge on any atom is -0.504 e. The molecule has 1 fully saturated rings. The zero-order valence-corrected chi connectivity index (χ0v) is 15.6. The molecule has 1 saturated heterocycles.